The van der Waals surface area contributed by atoms with Gasteiger partial charge >= 0.3 is 5.97 Å². The molecule has 0 aromatic rings. The van der Waals surface area contributed by atoms with Crippen molar-refractivity contribution in [1.29, 1.82) is 0 Å². The summed E-state index contributed by atoms with van der Waals surface area (Å²) < 4.78 is 0. The Kier molecular flexibility index (Phi) is 4.59. The van der Waals surface area contributed by atoms with E-state index in [-0.39, 0.29) is 0 Å². The maximum absolute atomic E-state index is 10.3. The Morgan fingerprint density at radius 2 is 2.27 bits per heavy atom. The number of carbonyl (C=O) groups is 1. The summed E-state index contributed by atoms with van der Waals surface area (Å²) in [7, 11) is 0. The van der Waals surface area contributed by atoms with E-state index in [9.17, 15) is 4.79 Å². The molecule has 11 heavy (non-hydrogen) atoms. The lowest BCUT2D eigenvalue weighted by Crippen LogP contribution is -1.97. The molecular weight excluding hydrogens is 140 g/mol. The molecule has 0 saturated heterocycles. The van der Waals surface area contributed by atoms with Crippen LogP contribution in [0.15, 0.2) is 11.6 Å². The number of hydrogen-bond acceptors (Lipinski definition) is 1. The van der Waals surface area contributed by atoms with Crippen LogP contribution in [0.25, 0.3) is 0 Å². The summed E-state index contributed by atoms with van der Waals surface area (Å²) in [5.41, 5.74) is 0.422. The standard InChI is InChI=1S/C9H15O2/c1-4-7(2)5-6-8(3)9(10)11/h6-7H,1,4-5H2,2-3H3,(H,10,11). The maximum Gasteiger partial charge on any atom is 0.330 e. The molecule has 0 aliphatic heterocycles. The molecule has 0 amide bonds. The first kappa shape index (κ1) is 10.2. The van der Waals surface area contributed by atoms with Gasteiger partial charge in [-0.15, -0.1) is 0 Å². The van der Waals surface area contributed by atoms with E-state index < -0.39 is 5.97 Å². The van der Waals surface area contributed by atoms with Crippen molar-refractivity contribution in [1.82, 2.24) is 0 Å². The Morgan fingerprint density at radius 3 is 2.64 bits per heavy atom. The number of allylic oxidation sites excluding steroid dienone is 1. The molecule has 1 atom stereocenters. The molecule has 0 bridgehead atoms. The molecule has 0 aliphatic carbocycles. The molecule has 0 aliphatic rings. The molecule has 0 spiro atoms. The fourth-order valence-electron chi connectivity index (χ4n) is 0.583. The molecule has 2 heteroatoms. The van der Waals surface area contributed by atoms with Crippen molar-refractivity contribution in [2.45, 2.75) is 26.7 Å². The van der Waals surface area contributed by atoms with E-state index in [1.165, 1.54) is 0 Å². The van der Waals surface area contributed by atoms with E-state index in [1.54, 1.807) is 13.0 Å². The zero-order valence-electron chi connectivity index (χ0n) is 7.13. The van der Waals surface area contributed by atoms with Gasteiger partial charge in [-0.1, -0.05) is 26.3 Å². The Balaban J connectivity index is 3.82. The minimum absolute atomic E-state index is 0.422. The van der Waals surface area contributed by atoms with Crippen LogP contribution in [0.3, 0.4) is 0 Å². The largest absolute Gasteiger partial charge is 0.478 e. The molecule has 63 valence electrons. The second-order valence-electron chi connectivity index (χ2n) is 2.82. The summed E-state index contributed by atoms with van der Waals surface area (Å²) in [5, 5.41) is 8.48. The fourth-order valence-corrected chi connectivity index (χ4v) is 0.583. The molecule has 2 nitrogen and oxygen atoms in total. The minimum atomic E-state index is -0.832. The molecule has 0 heterocycles. The third-order valence-electron chi connectivity index (χ3n) is 1.66. The van der Waals surface area contributed by atoms with Gasteiger partial charge in [0.25, 0.3) is 0 Å². The first-order valence-electron chi connectivity index (χ1n) is 3.77. The Morgan fingerprint density at radius 1 is 1.73 bits per heavy atom. The summed E-state index contributed by atoms with van der Waals surface area (Å²) in [4.78, 5) is 10.3. The molecular formula is C9H15O2. The second-order valence-corrected chi connectivity index (χ2v) is 2.82. The predicted molar refractivity (Wildman–Crippen MR) is 45.1 cm³/mol. The highest BCUT2D eigenvalue weighted by Crippen LogP contribution is 2.08. The first-order valence-corrected chi connectivity index (χ1v) is 3.77. The first-order chi connectivity index (χ1) is 5.07. The van der Waals surface area contributed by atoms with Gasteiger partial charge in [0, 0.05) is 5.57 Å². The minimum Gasteiger partial charge on any atom is -0.478 e. The highest BCUT2D eigenvalue weighted by atomic mass is 16.4. The van der Waals surface area contributed by atoms with Crippen LogP contribution in [0.2, 0.25) is 0 Å². The predicted octanol–water partition coefficient (Wildman–Crippen LogP) is 2.27. The van der Waals surface area contributed by atoms with E-state index in [4.69, 9.17) is 5.11 Å². The van der Waals surface area contributed by atoms with Crippen LogP contribution in [0, 0.1) is 12.8 Å². The topological polar surface area (TPSA) is 37.3 Å². The van der Waals surface area contributed by atoms with Gasteiger partial charge in [-0.2, -0.15) is 0 Å². The molecule has 1 unspecified atom stereocenters. The normalized spacial score (nSPS) is 14.6. The van der Waals surface area contributed by atoms with Crippen LogP contribution < -0.4 is 0 Å². The second kappa shape index (κ2) is 4.94. The van der Waals surface area contributed by atoms with Crippen LogP contribution in [-0.4, -0.2) is 11.1 Å². The van der Waals surface area contributed by atoms with Crippen molar-refractivity contribution in [3.05, 3.63) is 18.6 Å². The molecule has 0 aromatic heterocycles. The zero-order valence-corrected chi connectivity index (χ0v) is 7.13. The van der Waals surface area contributed by atoms with Crippen molar-refractivity contribution >= 4 is 5.97 Å². The fraction of sp³-hybridized carbons (Fsp3) is 0.556. The molecule has 1 radical (unpaired) electrons. The van der Waals surface area contributed by atoms with E-state index >= 15 is 0 Å². The quantitative estimate of drug-likeness (QED) is 0.632. The van der Waals surface area contributed by atoms with Gasteiger partial charge in [0.15, 0.2) is 0 Å². The van der Waals surface area contributed by atoms with Crippen molar-refractivity contribution in [2.75, 3.05) is 0 Å². The van der Waals surface area contributed by atoms with Crippen molar-refractivity contribution < 1.29 is 9.90 Å². The lowest BCUT2D eigenvalue weighted by molar-refractivity contribution is -0.132. The Hall–Kier alpha value is -0.790. The van der Waals surface area contributed by atoms with Gasteiger partial charge < -0.3 is 5.11 Å². The molecule has 0 rings (SSSR count). The molecule has 1 N–H and O–H groups in total. The monoisotopic (exact) mass is 155 g/mol. The van der Waals surface area contributed by atoms with Gasteiger partial charge in [-0.25, -0.2) is 4.79 Å². The van der Waals surface area contributed by atoms with Gasteiger partial charge in [0.05, 0.1) is 0 Å². The molecule has 0 saturated carbocycles. The summed E-state index contributed by atoms with van der Waals surface area (Å²) in [5.74, 6) is -0.356. The van der Waals surface area contributed by atoms with Gasteiger partial charge in [0.1, 0.15) is 0 Å². The lowest BCUT2D eigenvalue weighted by atomic mass is 10.0. The SMILES string of the molecule is [CH2]CC(C)CC=C(C)C(=O)O. The highest BCUT2D eigenvalue weighted by Gasteiger charge is 2.00. The van der Waals surface area contributed by atoms with Crippen LogP contribution >= 0.6 is 0 Å². The summed E-state index contributed by atoms with van der Waals surface area (Å²) in [6.45, 7) is 7.40. The van der Waals surface area contributed by atoms with Gasteiger partial charge in [-0.3, -0.25) is 0 Å². The summed E-state index contributed by atoms with van der Waals surface area (Å²) >= 11 is 0. The van der Waals surface area contributed by atoms with Crippen molar-refractivity contribution in [2.24, 2.45) is 5.92 Å². The van der Waals surface area contributed by atoms with E-state index in [0.29, 0.717) is 11.5 Å². The molecule has 0 fully saturated rings. The van der Waals surface area contributed by atoms with Gasteiger partial charge in [-0.05, 0) is 19.3 Å². The third kappa shape index (κ3) is 4.59. The Labute approximate surface area is 67.9 Å². The summed E-state index contributed by atoms with van der Waals surface area (Å²) in [6, 6.07) is 0. The van der Waals surface area contributed by atoms with Gasteiger partial charge in [0.2, 0.25) is 0 Å². The Bertz CT molecular complexity index is 159. The maximum atomic E-state index is 10.3. The van der Waals surface area contributed by atoms with Crippen LogP contribution in [0.1, 0.15) is 26.7 Å². The van der Waals surface area contributed by atoms with E-state index in [1.807, 2.05) is 0 Å². The number of carboxylic acid groups (broad SMARTS) is 1. The van der Waals surface area contributed by atoms with E-state index in [2.05, 4.69) is 13.8 Å². The number of rotatable bonds is 4. The number of aliphatic carboxylic acids is 1. The lowest BCUT2D eigenvalue weighted by Gasteiger charge is -2.02. The van der Waals surface area contributed by atoms with Crippen molar-refractivity contribution in [3.8, 4) is 0 Å². The highest BCUT2D eigenvalue weighted by molar-refractivity contribution is 5.85. The average Bonchev–Trinajstić information content (AvgIpc) is 1.99. The van der Waals surface area contributed by atoms with E-state index in [0.717, 1.165) is 12.8 Å². The van der Waals surface area contributed by atoms with Crippen LogP contribution in [0.5, 0.6) is 0 Å². The average molecular weight is 155 g/mol. The zero-order chi connectivity index (χ0) is 8.85. The smallest absolute Gasteiger partial charge is 0.330 e. The number of hydrogen-bond donors (Lipinski definition) is 1. The number of carboxylic acids is 1. The summed E-state index contributed by atoms with van der Waals surface area (Å²) in [6.07, 6.45) is 3.41. The third-order valence-corrected chi connectivity index (χ3v) is 1.66. The molecule has 0 aromatic carbocycles. The van der Waals surface area contributed by atoms with Crippen molar-refractivity contribution in [3.63, 3.8) is 0 Å². The van der Waals surface area contributed by atoms with Crippen LogP contribution in [-0.2, 0) is 4.79 Å². The van der Waals surface area contributed by atoms with Crippen LogP contribution in [0.4, 0.5) is 0 Å².